The zero-order valence-corrected chi connectivity index (χ0v) is 11.0. The van der Waals surface area contributed by atoms with E-state index in [-0.39, 0.29) is 5.92 Å². The third kappa shape index (κ3) is 1.97. The molecule has 1 aromatic carbocycles. The van der Waals surface area contributed by atoms with Gasteiger partial charge in [-0.1, -0.05) is 36.4 Å². The molecule has 90 valence electrons. The molecule has 0 aliphatic rings. The number of imidazole rings is 1. The minimum Gasteiger partial charge on any atom is -0.337 e. The molecule has 0 saturated heterocycles. The Hall–Kier alpha value is -1.87. The molecular formula is C15H14N2S. The molecule has 0 fully saturated rings. The molecule has 1 atom stereocenters. The number of nitrogens with zero attached hydrogens (tertiary/aromatic N) is 2. The first-order valence-corrected chi connectivity index (χ1v) is 6.80. The summed E-state index contributed by atoms with van der Waals surface area (Å²) in [6.45, 7) is 0. The van der Waals surface area contributed by atoms with Crippen LogP contribution in [0.2, 0.25) is 0 Å². The van der Waals surface area contributed by atoms with Gasteiger partial charge >= 0.3 is 0 Å². The predicted octanol–water partition coefficient (Wildman–Crippen LogP) is 3.66. The zero-order valence-electron chi connectivity index (χ0n) is 10.2. The van der Waals surface area contributed by atoms with E-state index in [2.05, 4.69) is 51.3 Å². The fraction of sp³-hybridized carbons (Fsp3) is 0.133. The minimum absolute atomic E-state index is 0.228. The molecular weight excluding hydrogens is 240 g/mol. The maximum absolute atomic E-state index is 4.52. The lowest BCUT2D eigenvalue weighted by Crippen LogP contribution is -2.08. The minimum atomic E-state index is 0.228. The van der Waals surface area contributed by atoms with E-state index in [9.17, 15) is 0 Å². The summed E-state index contributed by atoms with van der Waals surface area (Å²) in [7, 11) is 2.05. The molecule has 0 aliphatic heterocycles. The number of aromatic nitrogens is 2. The highest BCUT2D eigenvalue weighted by atomic mass is 32.1. The molecule has 3 rings (SSSR count). The second kappa shape index (κ2) is 4.78. The van der Waals surface area contributed by atoms with Gasteiger partial charge < -0.3 is 4.57 Å². The largest absolute Gasteiger partial charge is 0.337 e. The number of rotatable bonds is 3. The first-order valence-electron chi connectivity index (χ1n) is 5.92. The monoisotopic (exact) mass is 254 g/mol. The van der Waals surface area contributed by atoms with Crippen molar-refractivity contribution < 1.29 is 0 Å². The summed E-state index contributed by atoms with van der Waals surface area (Å²) in [5.41, 5.74) is 1.29. The number of aryl methyl sites for hydroxylation is 1. The summed E-state index contributed by atoms with van der Waals surface area (Å²) in [6.07, 6.45) is 3.86. The molecule has 0 radical (unpaired) electrons. The van der Waals surface area contributed by atoms with Gasteiger partial charge in [0, 0.05) is 24.3 Å². The summed E-state index contributed by atoms with van der Waals surface area (Å²) < 4.78 is 2.09. The highest BCUT2D eigenvalue weighted by Gasteiger charge is 2.20. The molecule has 3 heteroatoms. The van der Waals surface area contributed by atoms with Gasteiger partial charge in [0.1, 0.15) is 5.82 Å². The van der Waals surface area contributed by atoms with Crippen LogP contribution in [0.25, 0.3) is 0 Å². The molecule has 18 heavy (non-hydrogen) atoms. The van der Waals surface area contributed by atoms with Crippen LogP contribution in [0.15, 0.2) is 60.2 Å². The van der Waals surface area contributed by atoms with E-state index >= 15 is 0 Å². The Bertz CT molecular complexity index is 611. The van der Waals surface area contributed by atoms with Crippen LogP contribution in [0, 0.1) is 0 Å². The third-order valence-electron chi connectivity index (χ3n) is 3.08. The molecule has 0 N–H and O–H groups in total. The Morgan fingerprint density at radius 2 is 1.94 bits per heavy atom. The van der Waals surface area contributed by atoms with Crippen molar-refractivity contribution >= 4 is 11.3 Å². The van der Waals surface area contributed by atoms with E-state index in [0.29, 0.717) is 0 Å². The zero-order chi connectivity index (χ0) is 12.4. The predicted molar refractivity (Wildman–Crippen MR) is 74.9 cm³/mol. The first-order chi connectivity index (χ1) is 8.86. The van der Waals surface area contributed by atoms with Crippen molar-refractivity contribution in [2.45, 2.75) is 5.92 Å². The van der Waals surface area contributed by atoms with Crippen molar-refractivity contribution in [1.82, 2.24) is 9.55 Å². The van der Waals surface area contributed by atoms with Crippen LogP contribution in [-0.4, -0.2) is 9.55 Å². The summed E-state index contributed by atoms with van der Waals surface area (Å²) in [4.78, 5) is 5.85. The maximum Gasteiger partial charge on any atom is 0.121 e. The van der Waals surface area contributed by atoms with Crippen LogP contribution < -0.4 is 0 Å². The van der Waals surface area contributed by atoms with Gasteiger partial charge in [-0.05, 0) is 17.0 Å². The number of benzene rings is 1. The van der Waals surface area contributed by atoms with Crippen molar-refractivity contribution in [1.29, 1.82) is 0 Å². The quantitative estimate of drug-likeness (QED) is 0.697. The van der Waals surface area contributed by atoms with E-state index in [1.165, 1.54) is 10.4 Å². The van der Waals surface area contributed by atoms with E-state index in [1.54, 1.807) is 11.3 Å². The average molecular weight is 254 g/mol. The Kier molecular flexibility index (Phi) is 2.99. The molecule has 2 aromatic heterocycles. The van der Waals surface area contributed by atoms with Gasteiger partial charge in [0.05, 0.1) is 5.92 Å². The van der Waals surface area contributed by atoms with Gasteiger partial charge in [-0.2, -0.15) is 0 Å². The molecule has 2 nitrogen and oxygen atoms in total. The van der Waals surface area contributed by atoms with Crippen LogP contribution >= 0.6 is 11.3 Å². The molecule has 0 saturated carbocycles. The van der Waals surface area contributed by atoms with E-state index in [0.717, 1.165) is 5.82 Å². The first kappa shape index (κ1) is 11.2. The van der Waals surface area contributed by atoms with Gasteiger partial charge in [-0.15, -0.1) is 11.3 Å². The van der Waals surface area contributed by atoms with Crippen molar-refractivity contribution in [2.75, 3.05) is 0 Å². The average Bonchev–Trinajstić information content (AvgIpc) is 3.05. The number of hydrogen-bond acceptors (Lipinski definition) is 2. The van der Waals surface area contributed by atoms with Crippen molar-refractivity contribution in [3.05, 3.63) is 76.5 Å². The molecule has 0 amide bonds. The lowest BCUT2D eigenvalue weighted by Gasteiger charge is -2.15. The number of thiophene rings is 1. The smallest absolute Gasteiger partial charge is 0.121 e. The van der Waals surface area contributed by atoms with Crippen LogP contribution in [-0.2, 0) is 7.05 Å². The fourth-order valence-corrected chi connectivity index (χ4v) is 3.05. The fourth-order valence-electron chi connectivity index (χ4n) is 2.20. The molecule has 2 heterocycles. The van der Waals surface area contributed by atoms with Gasteiger partial charge in [0.25, 0.3) is 0 Å². The third-order valence-corrected chi connectivity index (χ3v) is 4.01. The van der Waals surface area contributed by atoms with E-state index in [4.69, 9.17) is 0 Å². The van der Waals surface area contributed by atoms with Gasteiger partial charge in [-0.25, -0.2) is 4.98 Å². The van der Waals surface area contributed by atoms with Crippen molar-refractivity contribution in [3.63, 3.8) is 0 Å². The molecule has 3 aromatic rings. The lowest BCUT2D eigenvalue weighted by atomic mass is 9.96. The van der Waals surface area contributed by atoms with E-state index < -0.39 is 0 Å². The van der Waals surface area contributed by atoms with E-state index in [1.807, 2.05) is 25.5 Å². The normalized spacial score (nSPS) is 12.5. The van der Waals surface area contributed by atoms with Crippen molar-refractivity contribution in [2.24, 2.45) is 7.05 Å². The second-order valence-corrected chi connectivity index (χ2v) is 5.23. The van der Waals surface area contributed by atoms with Gasteiger partial charge in [0.2, 0.25) is 0 Å². The molecule has 0 bridgehead atoms. The molecule has 0 aliphatic carbocycles. The Morgan fingerprint density at radius 3 is 2.56 bits per heavy atom. The second-order valence-electron chi connectivity index (χ2n) is 4.26. The highest BCUT2D eigenvalue weighted by molar-refractivity contribution is 7.10. The summed E-state index contributed by atoms with van der Waals surface area (Å²) in [5.74, 6) is 1.31. The summed E-state index contributed by atoms with van der Waals surface area (Å²) in [5, 5.41) is 2.12. The maximum atomic E-state index is 4.52. The van der Waals surface area contributed by atoms with Crippen LogP contribution in [0.4, 0.5) is 0 Å². The van der Waals surface area contributed by atoms with Crippen molar-refractivity contribution in [3.8, 4) is 0 Å². The standard InChI is InChI=1S/C15H14N2S/c1-17-10-9-16-15(17)14(13-8-5-11-18-13)12-6-3-2-4-7-12/h2-11,14H,1H3. The van der Waals surface area contributed by atoms with Crippen LogP contribution in [0.5, 0.6) is 0 Å². The highest BCUT2D eigenvalue weighted by Crippen LogP contribution is 2.33. The summed E-state index contributed by atoms with van der Waals surface area (Å²) in [6, 6.07) is 14.8. The van der Waals surface area contributed by atoms with Gasteiger partial charge in [0.15, 0.2) is 0 Å². The Balaban J connectivity index is 2.14. The molecule has 0 spiro atoms. The topological polar surface area (TPSA) is 17.8 Å². The van der Waals surface area contributed by atoms with Crippen LogP contribution in [0.3, 0.4) is 0 Å². The Labute approximate surface area is 111 Å². The number of hydrogen-bond donors (Lipinski definition) is 0. The van der Waals surface area contributed by atoms with Crippen LogP contribution in [0.1, 0.15) is 22.2 Å². The SMILES string of the molecule is Cn1ccnc1C(c1ccccc1)c1cccs1. The summed E-state index contributed by atoms with van der Waals surface area (Å²) >= 11 is 1.78. The molecule has 1 unspecified atom stereocenters. The lowest BCUT2D eigenvalue weighted by molar-refractivity contribution is 0.771. The van der Waals surface area contributed by atoms with Gasteiger partial charge in [-0.3, -0.25) is 0 Å². The Morgan fingerprint density at radius 1 is 1.11 bits per heavy atom.